The molecule has 0 aliphatic rings. The number of hydrogen-bond acceptors (Lipinski definition) is 4. The summed E-state index contributed by atoms with van der Waals surface area (Å²) in [5.74, 6) is 0.671. The third-order valence-corrected chi connectivity index (χ3v) is 5.28. The standard InChI is InChI=1S/C21H29N5OS.HI/c1-5-22-19(23-12-17-14-26-10-11-28-20(26)25-17)24-13-18(27)15-6-8-16(9-7-15)21(2,3)4;/h6-11,14,18,27H,5,12-13H2,1-4H3,(H2,22,23,24);1H. The second kappa shape index (κ2) is 10.4. The number of nitrogens with one attached hydrogen (secondary N) is 2. The van der Waals surface area contributed by atoms with E-state index in [4.69, 9.17) is 0 Å². The maximum atomic E-state index is 10.5. The van der Waals surface area contributed by atoms with E-state index in [0.29, 0.717) is 19.0 Å². The number of thiazole rings is 1. The smallest absolute Gasteiger partial charge is 0.193 e. The van der Waals surface area contributed by atoms with Crippen LogP contribution in [0.4, 0.5) is 0 Å². The van der Waals surface area contributed by atoms with Gasteiger partial charge in [0.2, 0.25) is 0 Å². The Kier molecular flexibility index (Phi) is 8.47. The maximum Gasteiger partial charge on any atom is 0.193 e. The van der Waals surface area contributed by atoms with Crippen LogP contribution in [-0.4, -0.2) is 33.5 Å². The highest BCUT2D eigenvalue weighted by Crippen LogP contribution is 2.23. The number of hydrogen-bond donors (Lipinski definition) is 3. The number of benzene rings is 1. The molecule has 2 aromatic heterocycles. The minimum Gasteiger partial charge on any atom is -0.387 e. The van der Waals surface area contributed by atoms with Gasteiger partial charge in [-0.1, -0.05) is 45.0 Å². The van der Waals surface area contributed by atoms with Crippen molar-refractivity contribution in [1.29, 1.82) is 0 Å². The van der Waals surface area contributed by atoms with E-state index in [1.165, 1.54) is 5.56 Å². The summed E-state index contributed by atoms with van der Waals surface area (Å²) in [6, 6.07) is 8.16. The van der Waals surface area contributed by atoms with E-state index in [1.807, 2.05) is 41.2 Å². The molecule has 1 atom stereocenters. The molecule has 0 aliphatic heterocycles. The van der Waals surface area contributed by atoms with Crippen LogP contribution in [-0.2, 0) is 12.0 Å². The van der Waals surface area contributed by atoms with Crippen molar-refractivity contribution >= 4 is 46.2 Å². The molecular formula is C21H30IN5OS. The van der Waals surface area contributed by atoms with Gasteiger partial charge in [0, 0.05) is 30.9 Å². The highest BCUT2D eigenvalue weighted by molar-refractivity contribution is 14.0. The average Bonchev–Trinajstić information content (AvgIpc) is 3.25. The van der Waals surface area contributed by atoms with Crippen LogP contribution in [0, 0.1) is 0 Å². The van der Waals surface area contributed by atoms with Crippen molar-refractivity contribution in [2.24, 2.45) is 4.99 Å². The molecule has 0 spiro atoms. The second-order valence-electron chi connectivity index (χ2n) is 7.79. The molecule has 0 fully saturated rings. The fourth-order valence-corrected chi connectivity index (χ4v) is 3.59. The van der Waals surface area contributed by atoms with Crippen molar-refractivity contribution in [2.45, 2.75) is 45.8 Å². The predicted molar refractivity (Wildman–Crippen MR) is 131 cm³/mol. The quantitative estimate of drug-likeness (QED) is 0.257. The number of rotatable bonds is 6. The Morgan fingerprint density at radius 1 is 1.24 bits per heavy atom. The first-order valence-corrected chi connectivity index (χ1v) is 10.5. The topological polar surface area (TPSA) is 74.0 Å². The Morgan fingerprint density at radius 3 is 2.59 bits per heavy atom. The molecule has 6 nitrogen and oxygen atoms in total. The Morgan fingerprint density at radius 2 is 1.97 bits per heavy atom. The highest BCUT2D eigenvalue weighted by atomic mass is 127. The van der Waals surface area contributed by atoms with Gasteiger partial charge in [-0.05, 0) is 23.5 Å². The first kappa shape index (κ1) is 23.6. The summed E-state index contributed by atoms with van der Waals surface area (Å²) in [6.45, 7) is 10.2. The average molecular weight is 527 g/mol. The number of aliphatic imine (C=N–C) groups is 1. The molecule has 0 aliphatic carbocycles. The van der Waals surface area contributed by atoms with Gasteiger partial charge in [0.25, 0.3) is 0 Å². The van der Waals surface area contributed by atoms with E-state index >= 15 is 0 Å². The Hall–Kier alpha value is -1.65. The molecule has 3 N–H and O–H groups in total. The van der Waals surface area contributed by atoms with Gasteiger partial charge < -0.3 is 15.7 Å². The second-order valence-corrected chi connectivity index (χ2v) is 8.66. The van der Waals surface area contributed by atoms with Crippen LogP contribution in [0.2, 0.25) is 0 Å². The number of nitrogens with zero attached hydrogens (tertiary/aromatic N) is 3. The van der Waals surface area contributed by atoms with Crippen LogP contribution in [0.1, 0.15) is 50.6 Å². The van der Waals surface area contributed by atoms with Crippen molar-refractivity contribution in [1.82, 2.24) is 20.0 Å². The number of imidazole rings is 1. The van der Waals surface area contributed by atoms with Crippen LogP contribution in [0.15, 0.2) is 47.0 Å². The normalized spacial score (nSPS) is 13.2. The Balaban J connectivity index is 0.00000300. The minimum absolute atomic E-state index is 0. The van der Waals surface area contributed by atoms with Gasteiger partial charge in [0.15, 0.2) is 10.9 Å². The SMILES string of the molecule is CCNC(=NCc1cn2ccsc2n1)NCC(O)c1ccc(C(C)(C)C)cc1.I. The summed E-state index contributed by atoms with van der Waals surface area (Å²) in [5.41, 5.74) is 3.17. The van der Waals surface area contributed by atoms with Gasteiger partial charge in [-0.25, -0.2) is 9.98 Å². The number of guanidine groups is 1. The lowest BCUT2D eigenvalue weighted by molar-refractivity contribution is 0.181. The van der Waals surface area contributed by atoms with Crippen LogP contribution in [0.5, 0.6) is 0 Å². The first-order valence-electron chi connectivity index (χ1n) is 9.58. The zero-order chi connectivity index (χ0) is 20.1. The molecular weight excluding hydrogens is 497 g/mol. The molecule has 0 radical (unpaired) electrons. The van der Waals surface area contributed by atoms with Gasteiger partial charge in [-0.15, -0.1) is 35.3 Å². The lowest BCUT2D eigenvalue weighted by atomic mass is 9.86. The van der Waals surface area contributed by atoms with Crippen molar-refractivity contribution < 1.29 is 5.11 Å². The van der Waals surface area contributed by atoms with Gasteiger partial charge in [-0.3, -0.25) is 4.40 Å². The van der Waals surface area contributed by atoms with Crippen molar-refractivity contribution in [3.63, 3.8) is 0 Å². The van der Waals surface area contributed by atoms with Crippen molar-refractivity contribution in [2.75, 3.05) is 13.1 Å². The van der Waals surface area contributed by atoms with Crippen molar-refractivity contribution in [3.8, 4) is 0 Å². The van der Waals surface area contributed by atoms with Crippen molar-refractivity contribution in [3.05, 3.63) is 58.9 Å². The molecule has 1 unspecified atom stereocenters. The number of aromatic nitrogens is 2. The third kappa shape index (κ3) is 6.42. The number of fused-ring (bicyclic) bond motifs is 1. The van der Waals surface area contributed by atoms with E-state index in [-0.39, 0.29) is 29.4 Å². The molecule has 2 heterocycles. The monoisotopic (exact) mass is 527 g/mol. The molecule has 0 saturated carbocycles. The molecule has 0 saturated heterocycles. The highest BCUT2D eigenvalue weighted by Gasteiger charge is 2.15. The predicted octanol–water partition coefficient (Wildman–Crippen LogP) is 4.10. The van der Waals surface area contributed by atoms with Crippen LogP contribution < -0.4 is 10.6 Å². The maximum absolute atomic E-state index is 10.5. The summed E-state index contributed by atoms with van der Waals surface area (Å²) < 4.78 is 2.00. The fraction of sp³-hybridized carbons (Fsp3) is 0.429. The summed E-state index contributed by atoms with van der Waals surface area (Å²) in [5, 5.41) is 19.0. The van der Waals surface area contributed by atoms with E-state index in [9.17, 15) is 5.11 Å². The molecule has 1 aromatic carbocycles. The molecule has 158 valence electrons. The lowest BCUT2D eigenvalue weighted by Crippen LogP contribution is -2.39. The summed E-state index contributed by atoms with van der Waals surface area (Å²) in [7, 11) is 0. The van der Waals surface area contributed by atoms with E-state index in [2.05, 4.69) is 53.5 Å². The zero-order valence-electron chi connectivity index (χ0n) is 17.3. The number of aliphatic hydroxyl groups is 1. The third-order valence-electron chi connectivity index (χ3n) is 4.51. The van der Waals surface area contributed by atoms with E-state index < -0.39 is 6.10 Å². The van der Waals surface area contributed by atoms with Gasteiger partial charge in [-0.2, -0.15) is 0 Å². The van der Waals surface area contributed by atoms with Crippen LogP contribution in [0.25, 0.3) is 4.96 Å². The van der Waals surface area contributed by atoms with Gasteiger partial charge in [0.1, 0.15) is 0 Å². The molecule has 0 bridgehead atoms. The van der Waals surface area contributed by atoms with Crippen LogP contribution in [0.3, 0.4) is 0 Å². The molecule has 0 amide bonds. The Labute approximate surface area is 193 Å². The van der Waals surface area contributed by atoms with E-state index in [0.717, 1.165) is 22.8 Å². The zero-order valence-corrected chi connectivity index (χ0v) is 20.5. The van der Waals surface area contributed by atoms with Gasteiger partial charge >= 0.3 is 0 Å². The molecule has 3 aromatic rings. The Bertz CT molecular complexity index is 898. The molecule has 29 heavy (non-hydrogen) atoms. The lowest BCUT2D eigenvalue weighted by Gasteiger charge is -2.20. The summed E-state index contributed by atoms with van der Waals surface area (Å²) >= 11 is 1.61. The summed E-state index contributed by atoms with van der Waals surface area (Å²) in [4.78, 5) is 10.1. The number of aliphatic hydroxyl groups excluding tert-OH is 1. The minimum atomic E-state index is -0.601. The molecule has 3 rings (SSSR count). The fourth-order valence-electron chi connectivity index (χ4n) is 2.87. The summed E-state index contributed by atoms with van der Waals surface area (Å²) in [6.07, 6.45) is 3.38. The largest absolute Gasteiger partial charge is 0.387 e. The van der Waals surface area contributed by atoms with Gasteiger partial charge in [0.05, 0.1) is 18.3 Å². The molecule has 8 heteroatoms. The first-order chi connectivity index (χ1) is 13.4. The van der Waals surface area contributed by atoms with E-state index in [1.54, 1.807) is 11.3 Å². The number of halogens is 1. The van der Waals surface area contributed by atoms with Crippen LogP contribution >= 0.6 is 35.3 Å².